The highest BCUT2D eigenvalue weighted by atomic mass is 19.4. The predicted molar refractivity (Wildman–Crippen MR) is 51.5 cm³/mol. The van der Waals surface area contributed by atoms with Crippen molar-refractivity contribution in [3.05, 3.63) is 17.7 Å². The zero-order valence-electron chi connectivity index (χ0n) is 8.35. The van der Waals surface area contributed by atoms with E-state index in [1.807, 2.05) is 5.43 Å². The van der Waals surface area contributed by atoms with Crippen LogP contribution in [0, 0.1) is 0 Å². The van der Waals surface area contributed by atoms with Crippen LogP contribution in [0.4, 0.5) is 33.6 Å². The third-order valence-corrected chi connectivity index (χ3v) is 1.74. The van der Waals surface area contributed by atoms with Crippen LogP contribution in [0.1, 0.15) is 5.56 Å². The molecule has 0 aliphatic carbocycles. The minimum atomic E-state index is -4.60. The number of nitrogens with two attached hydrogens (primary N) is 1. The maximum atomic E-state index is 12.4. The zero-order chi connectivity index (χ0) is 13.1. The monoisotopic (exact) mass is 256 g/mol. The predicted octanol–water partition coefficient (Wildman–Crippen LogP) is 2.06. The van der Waals surface area contributed by atoms with Gasteiger partial charge in [0, 0.05) is 0 Å². The van der Waals surface area contributed by atoms with E-state index < -0.39 is 24.7 Å². The molecular weight excluding hydrogens is 247 g/mol. The Labute approximate surface area is 93.0 Å². The first-order chi connectivity index (χ1) is 7.82. The van der Waals surface area contributed by atoms with Crippen LogP contribution in [0.2, 0.25) is 0 Å². The number of alkyl halides is 5. The molecule has 0 saturated heterocycles. The lowest BCUT2D eigenvalue weighted by Gasteiger charge is -2.12. The number of aromatic nitrogens is 1. The molecule has 0 spiro atoms. The third-order valence-electron chi connectivity index (χ3n) is 1.74. The molecule has 1 aromatic heterocycles. The van der Waals surface area contributed by atoms with Gasteiger partial charge in [-0.05, 0) is 12.1 Å². The van der Waals surface area contributed by atoms with Gasteiger partial charge in [0.15, 0.2) is 0 Å². The Kier molecular flexibility index (Phi) is 4.05. The lowest BCUT2D eigenvalue weighted by Crippen LogP contribution is -2.16. The number of nitrogens with zero attached hydrogens (tertiary/aromatic N) is 1. The van der Waals surface area contributed by atoms with Crippen LogP contribution in [0.15, 0.2) is 12.1 Å². The van der Waals surface area contributed by atoms with Crippen molar-refractivity contribution in [3.63, 3.8) is 0 Å². The topological polar surface area (TPSA) is 63.0 Å². The number of hydrogen-bond donors (Lipinski definition) is 3. The SMILES string of the molecule is NNc1cc(C(F)(F)F)cc(NCC(F)F)n1. The summed E-state index contributed by atoms with van der Waals surface area (Å²) >= 11 is 0. The normalized spacial score (nSPS) is 11.7. The first-order valence-corrected chi connectivity index (χ1v) is 4.41. The van der Waals surface area contributed by atoms with E-state index in [4.69, 9.17) is 5.84 Å². The van der Waals surface area contributed by atoms with Gasteiger partial charge in [-0.25, -0.2) is 19.6 Å². The highest BCUT2D eigenvalue weighted by Gasteiger charge is 2.31. The summed E-state index contributed by atoms with van der Waals surface area (Å²) in [6.45, 7) is -0.793. The Bertz CT molecular complexity index is 379. The fourth-order valence-corrected chi connectivity index (χ4v) is 1.04. The van der Waals surface area contributed by atoms with Crippen LogP contribution in [0.5, 0.6) is 0 Å². The molecule has 1 rings (SSSR count). The first kappa shape index (κ1) is 13.4. The lowest BCUT2D eigenvalue weighted by molar-refractivity contribution is -0.137. The number of nitrogens with one attached hydrogen (secondary N) is 2. The summed E-state index contributed by atoms with van der Waals surface area (Å²) in [4.78, 5) is 3.56. The number of rotatable bonds is 4. The molecule has 9 heteroatoms. The summed E-state index contributed by atoms with van der Waals surface area (Å²) in [6, 6.07) is 1.30. The van der Waals surface area contributed by atoms with Gasteiger partial charge in [0.05, 0.1) is 12.1 Å². The van der Waals surface area contributed by atoms with Gasteiger partial charge in [0.2, 0.25) is 0 Å². The fraction of sp³-hybridized carbons (Fsp3) is 0.375. The number of nitrogen functional groups attached to an aromatic ring is 1. The summed E-state index contributed by atoms with van der Waals surface area (Å²) < 4.78 is 61.0. The summed E-state index contributed by atoms with van der Waals surface area (Å²) in [5.74, 6) is 4.34. The lowest BCUT2D eigenvalue weighted by atomic mass is 10.2. The van der Waals surface area contributed by atoms with E-state index in [0.29, 0.717) is 12.1 Å². The summed E-state index contributed by atoms with van der Waals surface area (Å²) in [6.07, 6.45) is -7.30. The van der Waals surface area contributed by atoms with Crippen LogP contribution in [-0.4, -0.2) is 18.0 Å². The van der Waals surface area contributed by atoms with E-state index in [1.165, 1.54) is 0 Å². The van der Waals surface area contributed by atoms with E-state index in [0.717, 1.165) is 0 Å². The molecule has 0 amide bonds. The Hall–Kier alpha value is -1.64. The van der Waals surface area contributed by atoms with E-state index in [-0.39, 0.29) is 11.6 Å². The second-order valence-corrected chi connectivity index (χ2v) is 3.04. The number of halogens is 5. The quantitative estimate of drug-likeness (QED) is 0.438. The summed E-state index contributed by atoms with van der Waals surface area (Å²) in [5, 5.41) is 2.07. The molecule has 0 unspecified atom stereocenters. The second-order valence-electron chi connectivity index (χ2n) is 3.04. The Morgan fingerprint density at radius 3 is 2.29 bits per heavy atom. The number of hydrazine groups is 1. The molecule has 0 aliphatic rings. The van der Waals surface area contributed by atoms with Gasteiger partial charge in [-0.3, -0.25) is 0 Å². The maximum absolute atomic E-state index is 12.4. The van der Waals surface area contributed by atoms with Gasteiger partial charge in [-0.15, -0.1) is 0 Å². The molecule has 1 heterocycles. The molecule has 17 heavy (non-hydrogen) atoms. The molecule has 4 N–H and O–H groups in total. The molecule has 0 aromatic carbocycles. The largest absolute Gasteiger partial charge is 0.416 e. The minimum Gasteiger partial charge on any atom is -0.364 e. The molecule has 0 fully saturated rings. The Morgan fingerprint density at radius 2 is 1.82 bits per heavy atom. The van der Waals surface area contributed by atoms with Gasteiger partial charge >= 0.3 is 6.18 Å². The smallest absolute Gasteiger partial charge is 0.364 e. The van der Waals surface area contributed by atoms with Gasteiger partial charge in [0.1, 0.15) is 11.6 Å². The number of anilines is 2. The zero-order valence-corrected chi connectivity index (χ0v) is 8.35. The highest BCUT2D eigenvalue weighted by molar-refractivity contribution is 5.49. The standard InChI is InChI=1S/C8H9F5N4/c9-5(10)3-15-6-1-4(8(11,12)13)2-7(16-6)17-14/h1-2,5H,3,14H2,(H2,15,16,17). The Balaban J connectivity index is 2.97. The minimum absolute atomic E-state index is 0.267. The van der Waals surface area contributed by atoms with Crippen LogP contribution in [-0.2, 0) is 6.18 Å². The molecule has 0 bridgehead atoms. The highest BCUT2D eigenvalue weighted by Crippen LogP contribution is 2.31. The van der Waals surface area contributed by atoms with E-state index in [2.05, 4.69) is 10.3 Å². The van der Waals surface area contributed by atoms with Gasteiger partial charge in [0.25, 0.3) is 6.43 Å². The number of pyridine rings is 1. The Morgan fingerprint density at radius 1 is 1.24 bits per heavy atom. The average Bonchev–Trinajstić information content (AvgIpc) is 2.24. The second kappa shape index (κ2) is 5.13. The molecule has 0 atom stereocenters. The average molecular weight is 256 g/mol. The molecule has 0 radical (unpaired) electrons. The van der Waals surface area contributed by atoms with Gasteiger partial charge in [-0.1, -0.05) is 0 Å². The van der Waals surface area contributed by atoms with Crippen molar-refractivity contribution in [2.45, 2.75) is 12.6 Å². The maximum Gasteiger partial charge on any atom is 0.416 e. The van der Waals surface area contributed by atoms with Crippen LogP contribution in [0.3, 0.4) is 0 Å². The van der Waals surface area contributed by atoms with E-state index in [1.54, 1.807) is 0 Å². The molecule has 1 aromatic rings. The first-order valence-electron chi connectivity index (χ1n) is 4.41. The van der Waals surface area contributed by atoms with Crippen molar-refractivity contribution in [3.8, 4) is 0 Å². The van der Waals surface area contributed by atoms with Crippen molar-refractivity contribution in [2.24, 2.45) is 5.84 Å². The van der Waals surface area contributed by atoms with Gasteiger partial charge in [-0.2, -0.15) is 13.2 Å². The molecular formula is C8H9F5N4. The summed E-state index contributed by atoms with van der Waals surface area (Å²) in [7, 11) is 0. The molecule has 4 nitrogen and oxygen atoms in total. The van der Waals surface area contributed by atoms with Crippen LogP contribution in [0.25, 0.3) is 0 Å². The third kappa shape index (κ3) is 4.02. The number of hydrogen-bond acceptors (Lipinski definition) is 4. The van der Waals surface area contributed by atoms with Crippen molar-refractivity contribution >= 4 is 11.6 Å². The van der Waals surface area contributed by atoms with Crippen molar-refractivity contribution in [2.75, 3.05) is 17.3 Å². The fourth-order valence-electron chi connectivity index (χ4n) is 1.04. The van der Waals surface area contributed by atoms with Crippen molar-refractivity contribution in [1.82, 2.24) is 4.98 Å². The van der Waals surface area contributed by atoms with Crippen molar-refractivity contribution in [1.29, 1.82) is 0 Å². The molecule has 0 saturated carbocycles. The van der Waals surface area contributed by atoms with E-state index in [9.17, 15) is 22.0 Å². The van der Waals surface area contributed by atoms with Crippen molar-refractivity contribution < 1.29 is 22.0 Å². The van der Waals surface area contributed by atoms with Crippen LogP contribution >= 0.6 is 0 Å². The molecule has 96 valence electrons. The summed E-state index contributed by atoms with van der Waals surface area (Å²) in [5.41, 5.74) is 0.899. The molecule has 0 aliphatic heterocycles. The van der Waals surface area contributed by atoms with Crippen LogP contribution < -0.4 is 16.6 Å². The van der Waals surface area contributed by atoms with E-state index >= 15 is 0 Å². The van der Waals surface area contributed by atoms with Gasteiger partial charge < -0.3 is 10.7 Å².